The van der Waals surface area contributed by atoms with Crippen molar-refractivity contribution < 1.29 is 25.2 Å². The van der Waals surface area contributed by atoms with E-state index in [1.807, 2.05) is 0 Å². The van der Waals surface area contributed by atoms with Gasteiger partial charge in [-0.2, -0.15) is 12.6 Å². The summed E-state index contributed by atoms with van der Waals surface area (Å²) >= 11 is 3.65. The van der Waals surface area contributed by atoms with Gasteiger partial charge in [-0.3, -0.25) is 4.79 Å². The zero-order chi connectivity index (χ0) is 9.72. The molecule has 0 fully saturated rings. The van der Waals surface area contributed by atoms with Gasteiger partial charge in [0.05, 0.1) is 18.5 Å². The average molecular weight is 196 g/mol. The third-order valence-corrected chi connectivity index (χ3v) is 1.76. The van der Waals surface area contributed by atoms with E-state index < -0.39 is 36.5 Å². The predicted molar refractivity (Wildman–Crippen MR) is 44.0 cm³/mol. The summed E-state index contributed by atoms with van der Waals surface area (Å²) in [6.07, 6.45) is -3.21. The van der Waals surface area contributed by atoms with Gasteiger partial charge in [-0.05, 0) is 0 Å². The second-order valence-electron chi connectivity index (χ2n) is 2.30. The standard InChI is InChI=1S/C6H12O5S/c7-1-3(9)5(10)6(11)4(12)2-8/h3-5,7-10,12H,1-2H2/t3-,4+,5+/m0/s1. The molecule has 0 heterocycles. The van der Waals surface area contributed by atoms with Crippen LogP contribution in [0.5, 0.6) is 0 Å². The molecule has 0 aromatic heterocycles. The predicted octanol–water partition coefficient (Wildman–Crippen LogP) is -2.44. The fourth-order valence-electron chi connectivity index (χ4n) is 0.577. The molecule has 0 saturated carbocycles. The molecule has 0 bridgehead atoms. The normalized spacial score (nSPS) is 18.4. The Kier molecular flexibility index (Phi) is 5.43. The molecule has 0 unspecified atom stereocenters. The lowest BCUT2D eigenvalue weighted by atomic mass is 10.1. The number of thiol groups is 1. The quantitative estimate of drug-likeness (QED) is 0.315. The third kappa shape index (κ3) is 3.08. The number of hydrogen-bond acceptors (Lipinski definition) is 6. The summed E-state index contributed by atoms with van der Waals surface area (Å²) in [4.78, 5) is 10.9. The molecule has 4 N–H and O–H groups in total. The van der Waals surface area contributed by atoms with Crippen molar-refractivity contribution in [1.29, 1.82) is 0 Å². The van der Waals surface area contributed by atoms with Crippen LogP contribution >= 0.6 is 12.6 Å². The number of ketones is 1. The first-order valence-electron chi connectivity index (χ1n) is 3.34. The van der Waals surface area contributed by atoms with Gasteiger partial charge in [-0.1, -0.05) is 0 Å². The number of hydrogen-bond donors (Lipinski definition) is 5. The summed E-state index contributed by atoms with van der Waals surface area (Å²) in [5.41, 5.74) is 0. The van der Waals surface area contributed by atoms with Gasteiger partial charge in [0.1, 0.15) is 12.2 Å². The number of aliphatic hydroxyl groups excluding tert-OH is 4. The third-order valence-electron chi connectivity index (χ3n) is 1.34. The maximum Gasteiger partial charge on any atom is 0.178 e. The van der Waals surface area contributed by atoms with Crippen LogP contribution in [0.4, 0.5) is 0 Å². The van der Waals surface area contributed by atoms with Gasteiger partial charge in [-0.15, -0.1) is 0 Å². The first-order chi connectivity index (χ1) is 5.54. The van der Waals surface area contributed by atoms with Crippen LogP contribution in [-0.2, 0) is 4.79 Å². The summed E-state index contributed by atoms with van der Waals surface area (Å²) in [6, 6.07) is 0. The molecule has 6 heteroatoms. The topological polar surface area (TPSA) is 98.0 Å². The minimum atomic E-state index is -1.69. The maximum atomic E-state index is 10.9. The molecule has 0 aromatic rings. The van der Waals surface area contributed by atoms with E-state index in [9.17, 15) is 4.79 Å². The van der Waals surface area contributed by atoms with Gasteiger partial charge < -0.3 is 20.4 Å². The monoisotopic (exact) mass is 196 g/mol. The van der Waals surface area contributed by atoms with Gasteiger partial charge in [0.2, 0.25) is 0 Å². The van der Waals surface area contributed by atoms with Crippen LogP contribution < -0.4 is 0 Å². The maximum absolute atomic E-state index is 10.9. The number of Topliss-reactive ketones (excluding diaryl/α,β-unsaturated/α-hetero) is 1. The first kappa shape index (κ1) is 11.9. The van der Waals surface area contributed by atoms with Crippen LogP contribution in [0.15, 0.2) is 0 Å². The van der Waals surface area contributed by atoms with Crippen LogP contribution in [0, 0.1) is 0 Å². The molecule has 5 nitrogen and oxygen atoms in total. The Morgan fingerprint density at radius 1 is 1.25 bits per heavy atom. The van der Waals surface area contributed by atoms with Crippen molar-refractivity contribution in [2.45, 2.75) is 17.5 Å². The largest absolute Gasteiger partial charge is 0.395 e. The SMILES string of the molecule is O=C([C@H](S)CO)[C@H](O)[C@@H](O)CO. The molecule has 3 atom stereocenters. The number of carbonyl (C=O) groups excluding carboxylic acids is 1. The minimum Gasteiger partial charge on any atom is -0.395 e. The molecule has 0 amide bonds. The van der Waals surface area contributed by atoms with E-state index in [2.05, 4.69) is 12.6 Å². The van der Waals surface area contributed by atoms with E-state index in [4.69, 9.17) is 20.4 Å². The molecule has 0 spiro atoms. The van der Waals surface area contributed by atoms with Gasteiger partial charge in [0.25, 0.3) is 0 Å². The van der Waals surface area contributed by atoms with Gasteiger partial charge in [0.15, 0.2) is 5.78 Å². The Balaban J connectivity index is 4.09. The van der Waals surface area contributed by atoms with Crippen molar-refractivity contribution in [2.75, 3.05) is 13.2 Å². The summed E-state index contributed by atoms with van der Waals surface area (Å²) in [5, 5.41) is 33.6. The highest BCUT2D eigenvalue weighted by Gasteiger charge is 2.27. The van der Waals surface area contributed by atoms with Crippen molar-refractivity contribution in [3.63, 3.8) is 0 Å². The van der Waals surface area contributed by atoms with Crippen LogP contribution in [-0.4, -0.2) is 56.9 Å². The second kappa shape index (κ2) is 5.50. The first-order valence-corrected chi connectivity index (χ1v) is 3.85. The van der Waals surface area contributed by atoms with Crippen molar-refractivity contribution in [2.24, 2.45) is 0 Å². The van der Waals surface area contributed by atoms with Gasteiger partial charge in [0, 0.05) is 0 Å². The highest BCUT2D eigenvalue weighted by molar-refractivity contribution is 7.81. The van der Waals surface area contributed by atoms with Gasteiger partial charge in [-0.25, -0.2) is 0 Å². The Morgan fingerprint density at radius 2 is 1.75 bits per heavy atom. The molecular weight excluding hydrogens is 184 g/mol. The van der Waals surface area contributed by atoms with Crippen LogP contribution in [0.25, 0.3) is 0 Å². The summed E-state index contributed by atoms with van der Waals surface area (Å²) in [5.74, 6) is -0.803. The van der Waals surface area contributed by atoms with E-state index in [0.29, 0.717) is 0 Å². The number of rotatable bonds is 5. The zero-order valence-corrected chi connectivity index (χ0v) is 7.19. The Labute approximate surface area is 75.1 Å². The van der Waals surface area contributed by atoms with Gasteiger partial charge >= 0.3 is 0 Å². The zero-order valence-electron chi connectivity index (χ0n) is 6.29. The molecular formula is C6H12O5S. The average Bonchev–Trinajstić information content (AvgIpc) is 2.12. The minimum absolute atomic E-state index is 0.517. The van der Waals surface area contributed by atoms with Crippen molar-refractivity contribution in [1.82, 2.24) is 0 Å². The smallest absolute Gasteiger partial charge is 0.178 e. The van der Waals surface area contributed by atoms with E-state index in [0.717, 1.165) is 0 Å². The fourth-order valence-corrected chi connectivity index (χ4v) is 0.729. The van der Waals surface area contributed by atoms with Crippen molar-refractivity contribution in [3.05, 3.63) is 0 Å². The summed E-state index contributed by atoms with van der Waals surface area (Å²) in [7, 11) is 0. The molecule has 0 aromatic carbocycles. The van der Waals surface area contributed by atoms with Crippen LogP contribution in [0.1, 0.15) is 0 Å². The summed E-state index contributed by atoms with van der Waals surface area (Å²) < 4.78 is 0. The molecule has 0 radical (unpaired) electrons. The molecule has 72 valence electrons. The lowest BCUT2D eigenvalue weighted by molar-refractivity contribution is -0.134. The molecule has 0 aliphatic rings. The van der Waals surface area contributed by atoms with Crippen LogP contribution in [0.3, 0.4) is 0 Å². The van der Waals surface area contributed by atoms with E-state index in [1.165, 1.54) is 0 Å². The highest BCUT2D eigenvalue weighted by atomic mass is 32.1. The molecule has 0 rings (SSSR count). The van der Waals surface area contributed by atoms with E-state index >= 15 is 0 Å². The van der Waals surface area contributed by atoms with E-state index in [1.54, 1.807) is 0 Å². The molecule has 0 aliphatic heterocycles. The fraction of sp³-hybridized carbons (Fsp3) is 0.833. The number of aliphatic hydroxyl groups is 4. The highest BCUT2D eigenvalue weighted by Crippen LogP contribution is 2.03. The summed E-state index contributed by atoms with van der Waals surface area (Å²) in [6.45, 7) is -1.23. The van der Waals surface area contributed by atoms with E-state index in [-0.39, 0.29) is 0 Å². The Morgan fingerprint density at radius 3 is 2.08 bits per heavy atom. The lowest BCUT2D eigenvalue weighted by Crippen LogP contribution is -2.41. The number of carbonyl (C=O) groups is 1. The Hall–Kier alpha value is -0.140. The molecule has 0 aliphatic carbocycles. The van der Waals surface area contributed by atoms with Crippen molar-refractivity contribution >= 4 is 18.4 Å². The Bertz CT molecular complexity index is 151. The molecule has 0 saturated heterocycles. The van der Waals surface area contributed by atoms with Crippen LogP contribution in [0.2, 0.25) is 0 Å². The molecule has 12 heavy (non-hydrogen) atoms. The van der Waals surface area contributed by atoms with Crippen molar-refractivity contribution in [3.8, 4) is 0 Å². The second-order valence-corrected chi connectivity index (χ2v) is 2.92. The lowest BCUT2D eigenvalue weighted by Gasteiger charge is -2.16.